The van der Waals surface area contributed by atoms with E-state index in [1.807, 2.05) is 18.2 Å². The third-order valence-corrected chi connectivity index (χ3v) is 7.13. The van der Waals surface area contributed by atoms with Crippen LogP contribution in [0.25, 0.3) is 0 Å². The first-order valence-corrected chi connectivity index (χ1v) is 11.7. The highest BCUT2D eigenvalue weighted by Gasteiger charge is 2.41. The Kier molecular flexibility index (Phi) is 6.97. The van der Waals surface area contributed by atoms with Crippen molar-refractivity contribution in [3.63, 3.8) is 0 Å². The summed E-state index contributed by atoms with van der Waals surface area (Å²) in [5.41, 5.74) is 1.34. The number of carboxylic acid groups (broad SMARTS) is 2. The lowest BCUT2D eigenvalue weighted by Crippen LogP contribution is -2.46. The zero-order valence-corrected chi connectivity index (χ0v) is 19.6. The predicted molar refractivity (Wildman–Crippen MR) is 126 cm³/mol. The zero-order valence-electron chi connectivity index (χ0n) is 19.6. The number of carbonyl (C=O) groups is 2. The van der Waals surface area contributed by atoms with Crippen LogP contribution in [0.2, 0.25) is 0 Å². The molecule has 8 heteroatoms. The standard InChI is InChI=1S/C26H32N2O6/c1-27(2)26(18-7-4-3-5-8-18)13-11-19(12-14-26)33-20-9-6-10-21(15-20)34-22-16-23(24(29)30)28(17-22)25(31)32/h3-10,15,19,22-23H,11-14,16-17H2,1-2H3,(H,29,30)(H,31,32)/t19?,22-,23-,26?/m0/s1. The van der Waals surface area contributed by atoms with Gasteiger partial charge in [-0.3, -0.25) is 9.80 Å². The number of hydrogen-bond acceptors (Lipinski definition) is 5. The first kappa shape index (κ1) is 23.9. The van der Waals surface area contributed by atoms with Crippen LogP contribution in [-0.2, 0) is 10.3 Å². The molecular formula is C26H32N2O6. The second kappa shape index (κ2) is 9.93. The van der Waals surface area contributed by atoms with E-state index in [1.54, 1.807) is 12.1 Å². The van der Waals surface area contributed by atoms with E-state index >= 15 is 0 Å². The van der Waals surface area contributed by atoms with Gasteiger partial charge in [0.15, 0.2) is 0 Å². The maximum Gasteiger partial charge on any atom is 0.408 e. The zero-order chi connectivity index (χ0) is 24.3. The maximum absolute atomic E-state index is 11.4. The maximum atomic E-state index is 11.4. The molecule has 34 heavy (non-hydrogen) atoms. The summed E-state index contributed by atoms with van der Waals surface area (Å²) in [6, 6.07) is 16.8. The Bertz CT molecular complexity index is 981. The normalized spacial score (nSPS) is 26.9. The Hall–Kier alpha value is -3.26. The van der Waals surface area contributed by atoms with Gasteiger partial charge in [-0.15, -0.1) is 0 Å². The number of rotatable bonds is 7. The molecule has 2 aliphatic rings. The average molecular weight is 469 g/mol. The van der Waals surface area contributed by atoms with Crippen LogP contribution in [0.1, 0.15) is 37.7 Å². The molecule has 1 saturated carbocycles. The molecule has 0 unspecified atom stereocenters. The number of nitrogens with zero attached hydrogens (tertiary/aromatic N) is 2. The van der Waals surface area contributed by atoms with Crippen molar-refractivity contribution in [3.8, 4) is 11.5 Å². The van der Waals surface area contributed by atoms with Crippen LogP contribution in [0, 0.1) is 0 Å². The van der Waals surface area contributed by atoms with Crippen LogP contribution < -0.4 is 9.47 Å². The van der Waals surface area contributed by atoms with Crippen molar-refractivity contribution >= 4 is 12.1 Å². The monoisotopic (exact) mass is 468 g/mol. The van der Waals surface area contributed by atoms with Crippen molar-refractivity contribution in [2.75, 3.05) is 20.6 Å². The number of ether oxygens (including phenoxy) is 2. The van der Waals surface area contributed by atoms with Crippen molar-refractivity contribution in [2.45, 2.75) is 55.9 Å². The van der Waals surface area contributed by atoms with Gasteiger partial charge in [0.1, 0.15) is 23.6 Å². The third kappa shape index (κ3) is 4.97. The van der Waals surface area contributed by atoms with E-state index in [1.165, 1.54) is 5.56 Å². The SMILES string of the molecule is CN(C)C1(c2ccccc2)CCC(Oc2cccc(O[C@H]3C[C@@H](C(=O)O)N(C(=O)O)C3)c2)CC1. The summed E-state index contributed by atoms with van der Waals surface area (Å²) in [6.07, 6.45) is 2.27. The lowest BCUT2D eigenvalue weighted by atomic mass is 9.74. The molecule has 1 aliphatic heterocycles. The van der Waals surface area contributed by atoms with Gasteiger partial charge >= 0.3 is 12.1 Å². The molecule has 8 nitrogen and oxygen atoms in total. The van der Waals surface area contributed by atoms with E-state index in [0.29, 0.717) is 11.5 Å². The summed E-state index contributed by atoms with van der Waals surface area (Å²) in [6.45, 7) is 0.0200. The van der Waals surface area contributed by atoms with Crippen molar-refractivity contribution in [3.05, 3.63) is 60.2 Å². The first-order valence-electron chi connectivity index (χ1n) is 11.7. The molecule has 2 N–H and O–H groups in total. The number of hydrogen-bond donors (Lipinski definition) is 2. The predicted octanol–water partition coefficient (Wildman–Crippen LogP) is 4.05. The summed E-state index contributed by atoms with van der Waals surface area (Å²) in [4.78, 5) is 26.0. The Morgan fingerprint density at radius 3 is 2.09 bits per heavy atom. The molecule has 2 atom stereocenters. The second-order valence-corrected chi connectivity index (χ2v) is 9.35. The highest BCUT2D eigenvalue weighted by Crippen LogP contribution is 2.42. The molecule has 1 saturated heterocycles. The minimum Gasteiger partial charge on any atom is -0.490 e. The van der Waals surface area contributed by atoms with Crippen LogP contribution in [0.5, 0.6) is 11.5 Å². The first-order chi connectivity index (χ1) is 16.3. The van der Waals surface area contributed by atoms with E-state index in [9.17, 15) is 19.8 Å². The number of carboxylic acids is 1. The molecule has 0 radical (unpaired) electrons. The van der Waals surface area contributed by atoms with E-state index in [4.69, 9.17) is 9.47 Å². The minimum absolute atomic E-state index is 0.00521. The van der Waals surface area contributed by atoms with Gasteiger partial charge in [-0.1, -0.05) is 36.4 Å². The van der Waals surface area contributed by atoms with Crippen LogP contribution in [-0.4, -0.2) is 71.0 Å². The molecule has 2 fully saturated rings. The van der Waals surface area contributed by atoms with Crippen LogP contribution in [0.4, 0.5) is 4.79 Å². The van der Waals surface area contributed by atoms with Gasteiger partial charge < -0.3 is 19.7 Å². The highest BCUT2D eigenvalue weighted by molar-refractivity contribution is 5.80. The van der Waals surface area contributed by atoms with Crippen LogP contribution in [0.3, 0.4) is 0 Å². The molecule has 0 spiro atoms. The number of likely N-dealkylation sites (tertiary alicyclic amines) is 1. The van der Waals surface area contributed by atoms with Crippen molar-refractivity contribution in [2.24, 2.45) is 0 Å². The lowest BCUT2D eigenvalue weighted by Gasteiger charge is -2.45. The van der Waals surface area contributed by atoms with E-state index in [-0.39, 0.29) is 24.6 Å². The lowest BCUT2D eigenvalue weighted by molar-refractivity contribution is -0.141. The Morgan fingerprint density at radius 1 is 0.941 bits per heavy atom. The van der Waals surface area contributed by atoms with Gasteiger partial charge in [-0.25, -0.2) is 9.59 Å². The Balaban J connectivity index is 1.37. The molecule has 2 aromatic carbocycles. The minimum atomic E-state index is -1.25. The smallest absolute Gasteiger partial charge is 0.408 e. The summed E-state index contributed by atoms with van der Waals surface area (Å²) in [5.74, 6) is 0.0798. The summed E-state index contributed by atoms with van der Waals surface area (Å²) < 4.78 is 12.2. The second-order valence-electron chi connectivity index (χ2n) is 9.35. The molecule has 4 rings (SSSR count). The Labute approximate surface area is 199 Å². The summed E-state index contributed by atoms with van der Waals surface area (Å²) in [5, 5.41) is 18.6. The van der Waals surface area contributed by atoms with Gasteiger partial charge in [0, 0.05) is 18.0 Å². The number of amides is 1. The molecule has 182 valence electrons. The molecular weight excluding hydrogens is 436 g/mol. The van der Waals surface area contributed by atoms with Gasteiger partial charge in [-0.05, 0) is 57.5 Å². The van der Waals surface area contributed by atoms with Crippen LogP contribution in [0.15, 0.2) is 54.6 Å². The molecule has 1 aliphatic carbocycles. The fraction of sp³-hybridized carbons (Fsp3) is 0.462. The van der Waals surface area contributed by atoms with Crippen LogP contribution >= 0.6 is 0 Å². The van der Waals surface area contributed by atoms with E-state index in [2.05, 4.69) is 43.3 Å². The molecule has 1 amide bonds. The largest absolute Gasteiger partial charge is 0.490 e. The Morgan fingerprint density at radius 2 is 1.56 bits per heavy atom. The molecule has 1 heterocycles. The third-order valence-electron chi connectivity index (χ3n) is 7.13. The topological polar surface area (TPSA) is 99.5 Å². The van der Waals surface area contributed by atoms with E-state index < -0.39 is 24.2 Å². The van der Waals surface area contributed by atoms with E-state index in [0.717, 1.165) is 30.6 Å². The van der Waals surface area contributed by atoms with Crippen molar-refractivity contribution in [1.29, 1.82) is 0 Å². The van der Waals surface area contributed by atoms with Gasteiger partial charge in [0.05, 0.1) is 12.6 Å². The fourth-order valence-corrected chi connectivity index (χ4v) is 5.26. The van der Waals surface area contributed by atoms with Crippen molar-refractivity contribution in [1.82, 2.24) is 9.80 Å². The molecule has 0 bridgehead atoms. The van der Waals surface area contributed by atoms with Crippen molar-refractivity contribution < 1.29 is 29.3 Å². The highest BCUT2D eigenvalue weighted by atomic mass is 16.5. The average Bonchev–Trinajstić information content (AvgIpc) is 3.25. The molecule has 2 aromatic rings. The number of benzene rings is 2. The summed E-state index contributed by atoms with van der Waals surface area (Å²) in [7, 11) is 4.27. The molecule has 0 aromatic heterocycles. The van der Waals surface area contributed by atoms with Gasteiger partial charge in [-0.2, -0.15) is 0 Å². The number of aliphatic carboxylic acids is 1. The van der Waals surface area contributed by atoms with Gasteiger partial charge in [0.2, 0.25) is 0 Å². The fourth-order valence-electron chi connectivity index (χ4n) is 5.26. The quantitative estimate of drug-likeness (QED) is 0.632. The summed E-state index contributed by atoms with van der Waals surface area (Å²) >= 11 is 0. The van der Waals surface area contributed by atoms with Gasteiger partial charge in [0.25, 0.3) is 0 Å².